The number of nitrogens with zero attached hydrogens (tertiary/aromatic N) is 4. The second-order valence-electron chi connectivity index (χ2n) is 13.5. The Bertz CT molecular complexity index is 2890. The molecule has 0 unspecified atom stereocenters. The molecule has 0 fully saturated rings. The molecule has 0 bridgehead atoms. The maximum Gasteiger partial charge on any atom is 0.160 e. The molecule has 6 aromatic carbocycles. The Kier molecular flexibility index (Phi) is 8.39. The van der Waals surface area contributed by atoms with Gasteiger partial charge in [0.15, 0.2) is 5.82 Å². The van der Waals surface area contributed by atoms with Gasteiger partial charge in [-0.1, -0.05) is 145 Å². The van der Waals surface area contributed by atoms with E-state index < -0.39 is 0 Å². The van der Waals surface area contributed by atoms with E-state index >= 15 is 0 Å². The van der Waals surface area contributed by atoms with Gasteiger partial charge in [0.25, 0.3) is 0 Å². The number of benzene rings is 6. The molecule has 4 nitrogen and oxygen atoms in total. The van der Waals surface area contributed by atoms with Crippen molar-refractivity contribution in [1.29, 1.82) is 0 Å². The van der Waals surface area contributed by atoms with Gasteiger partial charge in [0.05, 0.1) is 17.1 Å². The smallest absolute Gasteiger partial charge is 0.160 e. The first-order valence-corrected chi connectivity index (χ1v) is 19.1. The van der Waals surface area contributed by atoms with Crippen molar-refractivity contribution in [3.63, 3.8) is 0 Å². The molecule has 1 aliphatic heterocycles. The highest BCUT2D eigenvalue weighted by Crippen LogP contribution is 2.47. The number of pyridine rings is 2. The lowest BCUT2D eigenvalue weighted by atomic mass is 9.93. The van der Waals surface area contributed by atoms with E-state index in [-0.39, 0.29) is 0 Å². The van der Waals surface area contributed by atoms with E-state index in [9.17, 15) is 0 Å². The highest BCUT2D eigenvalue weighted by Gasteiger charge is 2.20. The molecule has 0 aliphatic carbocycles. The third-order valence-electron chi connectivity index (χ3n) is 10.1. The summed E-state index contributed by atoms with van der Waals surface area (Å²) in [7, 11) is 0. The van der Waals surface area contributed by atoms with Crippen LogP contribution in [0.2, 0.25) is 0 Å². The van der Waals surface area contributed by atoms with Crippen molar-refractivity contribution >= 4 is 34.7 Å². The molecule has 5 heteroatoms. The minimum absolute atomic E-state index is 0.652. The van der Waals surface area contributed by atoms with Gasteiger partial charge in [-0.2, -0.15) is 0 Å². The molecule has 0 N–H and O–H groups in total. The van der Waals surface area contributed by atoms with Crippen LogP contribution < -0.4 is 0 Å². The zero-order valence-corrected chi connectivity index (χ0v) is 30.5. The van der Waals surface area contributed by atoms with Crippen LogP contribution in [0.4, 0.5) is 0 Å². The minimum Gasteiger partial charge on any atom is -0.264 e. The van der Waals surface area contributed by atoms with E-state index in [1.807, 2.05) is 60.6 Å². The molecule has 1 aliphatic rings. The van der Waals surface area contributed by atoms with Crippen LogP contribution in [0.3, 0.4) is 0 Å². The monoisotopic (exact) mass is 720 g/mol. The van der Waals surface area contributed by atoms with Crippen LogP contribution in [-0.4, -0.2) is 19.9 Å². The zero-order chi connectivity index (χ0) is 36.6. The molecule has 4 heterocycles. The van der Waals surface area contributed by atoms with Crippen molar-refractivity contribution in [3.05, 3.63) is 194 Å². The van der Waals surface area contributed by atoms with E-state index in [4.69, 9.17) is 15.0 Å². The second-order valence-corrected chi connectivity index (χ2v) is 14.5. The van der Waals surface area contributed by atoms with Gasteiger partial charge in [-0.15, -0.1) is 0 Å². The molecule has 10 rings (SSSR count). The van der Waals surface area contributed by atoms with E-state index in [2.05, 4.69) is 145 Å². The van der Waals surface area contributed by atoms with E-state index in [0.717, 1.165) is 50.5 Å². The fourth-order valence-corrected chi connectivity index (χ4v) is 8.54. The maximum atomic E-state index is 5.22. The topological polar surface area (TPSA) is 51.6 Å². The van der Waals surface area contributed by atoms with E-state index in [1.54, 1.807) is 6.20 Å². The lowest BCUT2D eigenvalue weighted by Crippen LogP contribution is -1.97. The lowest BCUT2D eigenvalue weighted by Gasteiger charge is -2.17. The molecule has 3 aromatic heterocycles. The number of aromatic nitrogens is 4. The molecule has 9 aromatic rings. The molecule has 0 spiro atoms. The first-order valence-electron chi connectivity index (χ1n) is 18.3. The standard InChI is InChI=1S/C50H32N4S/c1-2-13-36(14-3-1)46-30-47(39-25-27-45(52-32-39)38-15-10-28-51-31-38)54-50(53-46)37-23-22-35-21-20-33-11-4-6-16-40(33)42-18-8-9-19-48(42)55-49-41-17-7-5-12-34(41)24-26-43(49)44(35)29-37/h1-32H/b21-20-. The molecule has 55 heavy (non-hydrogen) atoms. The largest absolute Gasteiger partial charge is 0.264 e. The Morgan fingerprint density at radius 3 is 1.96 bits per heavy atom. The Labute approximate surface area is 324 Å². The predicted octanol–water partition coefficient (Wildman–Crippen LogP) is 13.1. The zero-order valence-electron chi connectivity index (χ0n) is 29.7. The van der Waals surface area contributed by atoms with Gasteiger partial charge in [-0.05, 0) is 86.6 Å². The molecule has 258 valence electrons. The summed E-state index contributed by atoms with van der Waals surface area (Å²) in [5.41, 5.74) is 13.4. The fraction of sp³-hybridized carbons (Fsp3) is 0. The lowest BCUT2D eigenvalue weighted by molar-refractivity contribution is 1.18. The normalized spacial score (nSPS) is 12.4. The summed E-state index contributed by atoms with van der Waals surface area (Å²) in [6.07, 6.45) is 9.98. The maximum absolute atomic E-state index is 5.22. The summed E-state index contributed by atoms with van der Waals surface area (Å²) in [6, 6.07) is 57.6. The summed E-state index contributed by atoms with van der Waals surface area (Å²) in [4.78, 5) is 21.9. The Hall–Kier alpha value is -6.95. The van der Waals surface area contributed by atoms with E-state index in [1.165, 1.54) is 42.8 Å². The van der Waals surface area contributed by atoms with Gasteiger partial charge in [0.2, 0.25) is 0 Å². The molecule has 0 atom stereocenters. The summed E-state index contributed by atoms with van der Waals surface area (Å²) in [5.74, 6) is 0.652. The number of hydrogen-bond donors (Lipinski definition) is 0. The quantitative estimate of drug-likeness (QED) is 0.181. The Morgan fingerprint density at radius 2 is 1.13 bits per heavy atom. The van der Waals surface area contributed by atoms with Crippen LogP contribution in [0, 0.1) is 0 Å². The molecule has 0 saturated heterocycles. The van der Waals surface area contributed by atoms with E-state index in [0.29, 0.717) is 5.82 Å². The average Bonchev–Trinajstić information content (AvgIpc) is 3.28. The highest BCUT2D eigenvalue weighted by molar-refractivity contribution is 7.99. The van der Waals surface area contributed by atoms with Crippen molar-refractivity contribution in [1.82, 2.24) is 19.9 Å². The van der Waals surface area contributed by atoms with Crippen LogP contribution in [-0.2, 0) is 0 Å². The summed E-state index contributed by atoms with van der Waals surface area (Å²) in [5, 5.41) is 2.43. The van der Waals surface area contributed by atoms with Crippen molar-refractivity contribution in [2.75, 3.05) is 0 Å². The summed E-state index contributed by atoms with van der Waals surface area (Å²) >= 11 is 1.84. The van der Waals surface area contributed by atoms with Crippen LogP contribution in [0.25, 0.3) is 90.3 Å². The summed E-state index contributed by atoms with van der Waals surface area (Å²) in [6.45, 7) is 0. The number of fused-ring (bicyclic) bond motifs is 8. The molecule has 0 saturated carbocycles. The molecule has 0 amide bonds. The highest BCUT2D eigenvalue weighted by atomic mass is 32.2. The van der Waals surface area contributed by atoms with Crippen molar-refractivity contribution in [2.24, 2.45) is 0 Å². The number of hydrogen-bond acceptors (Lipinski definition) is 5. The van der Waals surface area contributed by atoms with Crippen LogP contribution in [0.15, 0.2) is 192 Å². The van der Waals surface area contributed by atoms with Gasteiger partial charge in [0, 0.05) is 50.6 Å². The van der Waals surface area contributed by atoms with Crippen molar-refractivity contribution in [3.8, 4) is 67.4 Å². The average molecular weight is 721 g/mol. The fourth-order valence-electron chi connectivity index (χ4n) is 7.31. The number of rotatable bonds is 4. The van der Waals surface area contributed by atoms with Gasteiger partial charge < -0.3 is 0 Å². The SMILES string of the molecule is C1=C\c2ccc(-c3nc(-c4ccccc4)cc(-c4ccc(-c5cccnc5)nc4)n3)cc2-c2ccc3ccccc3c2Sc2ccccc2-c2ccccc2/1. The minimum atomic E-state index is 0.652. The Morgan fingerprint density at radius 1 is 0.418 bits per heavy atom. The van der Waals surface area contributed by atoms with Crippen molar-refractivity contribution in [2.45, 2.75) is 9.79 Å². The second kappa shape index (κ2) is 14.1. The van der Waals surface area contributed by atoms with Gasteiger partial charge in [-0.3, -0.25) is 9.97 Å². The summed E-state index contributed by atoms with van der Waals surface area (Å²) < 4.78 is 0. The molecule has 0 radical (unpaired) electrons. The van der Waals surface area contributed by atoms with Crippen LogP contribution in [0.5, 0.6) is 0 Å². The van der Waals surface area contributed by atoms with Crippen LogP contribution in [0.1, 0.15) is 11.1 Å². The molecular formula is C50H32N4S. The first kappa shape index (κ1) is 32.7. The third kappa shape index (κ3) is 6.31. The van der Waals surface area contributed by atoms with Gasteiger partial charge in [0.1, 0.15) is 0 Å². The van der Waals surface area contributed by atoms with Crippen molar-refractivity contribution < 1.29 is 0 Å². The predicted molar refractivity (Wildman–Crippen MR) is 227 cm³/mol. The first-order chi connectivity index (χ1) is 27.2. The van der Waals surface area contributed by atoms with Gasteiger partial charge >= 0.3 is 0 Å². The Balaban J connectivity index is 1.18. The third-order valence-corrected chi connectivity index (χ3v) is 11.3. The molecular weight excluding hydrogens is 689 g/mol. The van der Waals surface area contributed by atoms with Gasteiger partial charge in [-0.25, -0.2) is 9.97 Å². The van der Waals surface area contributed by atoms with Crippen LogP contribution >= 0.6 is 11.8 Å².